The Labute approximate surface area is 111 Å². The van der Waals surface area contributed by atoms with E-state index < -0.39 is 0 Å². The smallest absolute Gasteiger partial charge is 0.295 e. The summed E-state index contributed by atoms with van der Waals surface area (Å²) in [5.74, 6) is 1.78. The van der Waals surface area contributed by atoms with E-state index in [4.69, 9.17) is 8.94 Å². The molecule has 0 saturated carbocycles. The molecule has 0 radical (unpaired) electrons. The lowest BCUT2D eigenvalue weighted by Crippen LogP contribution is -2.38. The van der Waals surface area contributed by atoms with Crippen molar-refractivity contribution in [2.75, 3.05) is 31.1 Å². The van der Waals surface area contributed by atoms with Crippen LogP contribution in [0.5, 0.6) is 0 Å². The molecule has 100 valence electrons. The van der Waals surface area contributed by atoms with Crippen LogP contribution in [0.25, 0.3) is 11.7 Å². The van der Waals surface area contributed by atoms with Gasteiger partial charge in [-0.25, -0.2) is 0 Å². The molecule has 19 heavy (non-hydrogen) atoms. The zero-order valence-electron chi connectivity index (χ0n) is 10.7. The van der Waals surface area contributed by atoms with Gasteiger partial charge < -0.3 is 18.7 Å². The van der Waals surface area contributed by atoms with Crippen LogP contribution in [0, 0.1) is 0 Å². The average Bonchev–Trinajstić information content (AvgIpc) is 3.05. The summed E-state index contributed by atoms with van der Waals surface area (Å²) in [5, 5.41) is 4.12. The minimum absolute atomic E-state index is 0.458. The third kappa shape index (κ3) is 1.92. The molecule has 6 nitrogen and oxygen atoms in total. The number of furan rings is 1. The predicted molar refractivity (Wildman–Crippen MR) is 68.8 cm³/mol. The van der Waals surface area contributed by atoms with Crippen molar-refractivity contribution in [1.29, 1.82) is 0 Å². The van der Waals surface area contributed by atoms with E-state index in [1.807, 2.05) is 12.1 Å². The van der Waals surface area contributed by atoms with Crippen molar-refractivity contribution in [3.63, 3.8) is 0 Å². The number of rotatable bonds is 2. The quantitative estimate of drug-likeness (QED) is 0.817. The lowest BCUT2D eigenvalue weighted by Gasteiger charge is -2.30. The molecule has 5 rings (SSSR count). The van der Waals surface area contributed by atoms with Gasteiger partial charge in [0.25, 0.3) is 11.8 Å². The first-order valence-corrected chi connectivity index (χ1v) is 6.77. The highest BCUT2D eigenvalue weighted by Crippen LogP contribution is 2.27. The van der Waals surface area contributed by atoms with Crippen LogP contribution >= 0.6 is 0 Å². The summed E-state index contributed by atoms with van der Waals surface area (Å²) in [7, 11) is 0. The molecule has 0 spiro atoms. The van der Waals surface area contributed by atoms with Gasteiger partial charge in [0, 0.05) is 32.2 Å². The molecule has 0 amide bonds. The molecule has 0 aliphatic carbocycles. The highest BCUT2D eigenvalue weighted by atomic mass is 16.5. The van der Waals surface area contributed by atoms with Crippen LogP contribution < -0.4 is 4.90 Å². The van der Waals surface area contributed by atoms with E-state index in [9.17, 15) is 0 Å². The summed E-state index contributed by atoms with van der Waals surface area (Å²) < 4.78 is 10.6. The van der Waals surface area contributed by atoms with Gasteiger partial charge in [0.2, 0.25) is 0 Å². The first kappa shape index (κ1) is 11.0. The summed E-state index contributed by atoms with van der Waals surface area (Å²) in [4.78, 5) is 9.26. The van der Waals surface area contributed by atoms with Crippen LogP contribution in [0.2, 0.25) is 0 Å². The van der Waals surface area contributed by atoms with E-state index in [1.165, 1.54) is 25.9 Å². The molecular formula is C13H16N4O2. The molecule has 6 heteroatoms. The highest BCUT2D eigenvalue weighted by molar-refractivity contribution is 5.47. The molecule has 0 N–H and O–H groups in total. The summed E-state index contributed by atoms with van der Waals surface area (Å²) in [6.45, 7) is 4.43. The number of anilines is 1. The molecule has 3 aliphatic rings. The van der Waals surface area contributed by atoms with Gasteiger partial charge in [0.1, 0.15) is 0 Å². The number of hydrogen-bond acceptors (Lipinski definition) is 6. The molecule has 3 fully saturated rings. The van der Waals surface area contributed by atoms with Gasteiger partial charge in [-0.3, -0.25) is 0 Å². The third-order valence-corrected chi connectivity index (χ3v) is 4.06. The third-order valence-electron chi connectivity index (χ3n) is 4.06. The number of piperidine rings is 1. The summed E-state index contributed by atoms with van der Waals surface area (Å²) in [6.07, 6.45) is 3.98. The van der Waals surface area contributed by atoms with Gasteiger partial charge >= 0.3 is 0 Å². The first-order chi connectivity index (χ1) is 9.40. The van der Waals surface area contributed by atoms with E-state index in [0.717, 1.165) is 13.1 Å². The van der Waals surface area contributed by atoms with E-state index in [1.54, 1.807) is 6.26 Å². The maximum Gasteiger partial charge on any atom is 0.295 e. The Morgan fingerprint density at radius 3 is 2.84 bits per heavy atom. The van der Waals surface area contributed by atoms with Crippen LogP contribution in [0.3, 0.4) is 0 Å². The van der Waals surface area contributed by atoms with Gasteiger partial charge in [0.05, 0.1) is 6.26 Å². The van der Waals surface area contributed by atoms with Crippen LogP contribution in [0.15, 0.2) is 27.3 Å². The Kier molecular flexibility index (Phi) is 2.55. The zero-order valence-corrected chi connectivity index (χ0v) is 10.7. The van der Waals surface area contributed by atoms with Gasteiger partial charge in [-0.2, -0.15) is 4.98 Å². The second-order valence-electron chi connectivity index (χ2n) is 5.14. The SMILES string of the molecule is c1coc(-c2nc(N3CCN4CCC3CC4)no2)c1. The summed E-state index contributed by atoms with van der Waals surface area (Å²) >= 11 is 0. The van der Waals surface area contributed by atoms with E-state index >= 15 is 0 Å². The molecular weight excluding hydrogens is 244 g/mol. The number of nitrogens with zero attached hydrogens (tertiary/aromatic N) is 4. The van der Waals surface area contributed by atoms with Crippen molar-refractivity contribution in [3.05, 3.63) is 18.4 Å². The van der Waals surface area contributed by atoms with Crippen molar-refractivity contribution < 1.29 is 8.94 Å². The van der Waals surface area contributed by atoms with Gasteiger partial charge in [-0.15, -0.1) is 0 Å². The lowest BCUT2D eigenvalue weighted by atomic mass is 10.1. The Morgan fingerprint density at radius 1 is 1.16 bits per heavy atom. The Bertz CT molecular complexity index is 543. The molecule has 0 atom stereocenters. The van der Waals surface area contributed by atoms with E-state index in [2.05, 4.69) is 19.9 Å². The molecule has 5 heterocycles. The highest BCUT2D eigenvalue weighted by Gasteiger charge is 2.31. The summed E-state index contributed by atoms with van der Waals surface area (Å²) in [5.41, 5.74) is 0. The maximum absolute atomic E-state index is 5.30. The van der Waals surface area contributed by atoms with E-state index in [0.29, 0.717) is 23.6 Å². The minimum atomic E-state index is 0.458. The van der Waals surface area contributed by atoms with Crippen LogP contribution in [0.4, 0.5) is 5.95 Å². The van der Waals surface area contributed by atoms with Crippen LogP contribution in [-0.2, 0) is 0 Å². The number of fused-ring (bicyclic) bond motifs is 4. The van der Waals surface area contributed by atoms with Gasteiger partial charge in [-0.05, 0) is 30.1 Å². The number of aromatic nitrogens is 2. The first-order valence-electron chi connectivity index (χ1n) is 6.77. The van der Waals surface area contributed by atoms with Gasteiger partial charge in [0.15, 0.2) is 5.76 Å². The van der Waals surface area contributed by atoms with Crippen molar-refractivity contribution in [3.8, 4) is 11.7 Å². The molecule has 3 saturated heterocycles. The van der Waals surface area contributed by atoms with Crippen LogP contribution in [-0.4, -0.2) is 47.3 Å². The lowest BCUT2D eigenvalue weighted by molar-refractivity contribution is 0.250. The van der Waals surface area contributed by atoms with Crippen LogP contribution in [0.1, 0.15) is 12.8 Å². The fraction of sp³-hybridized carbons (Fsp3) is 0.538. The van der Waals surface area contributed by atoms with Crippen molar-refractivity contribution in [1.82, 2.24) is 15.0 Å². The van der Waals surface area contributed by atoms with Crippen molar-refractivity contribution >= 4 is 5.95 Å². The van der Waals surface area contributed by atoms with Gasteiger partial charge in [-0.1, -0.05) is 0 Å². The monoisotopic (exact) mass is 260 g/mol. The Hall–Kier alpha value is -1.82. The Morgan fingerprint density at radius 2 is 2.05 bits per heavy atom. The molecule has 2 bridgehead atoms. The number of hydrogen-bond donors (Lipinski definition) is 0. The molecule has 2 aromatic rings. The van der Waals surface area contributed by atoms with Crippen molar-refractivity contribution in [2.24, 2.45) is 0 Å². The molecule has 0 unspecified atom stereocenters. The average molecular weight is 260 g/mol. The molecule has 3 aliphatic heterocycles. The Balaban J connectivity index is 1.62. The normalized spacial score (nSPS) is 26.6. The predicted octanol–water partition coefficient (Wildman–Crippen LogP) is 1.61. The maximum atomic E-state index is 5.30. The zero-order chi connectivity index (χ0) is 12.7. The topological polar surface area (TPSA) is 58.5 Å². The standard InChI is InChI=1S/C13H16N4O2/c1-2-11(18-9-1)12-14-13(15-19-12)17-8-7-16-5-3-10(17)4-6-16/h1-2,9-10H,3-8H2. The minimum Gasteiger partial charge on any atom is -0.459 e. The van der Waals surface area contributed by atoms with E-state index in [-0.39, 0.29) is 0 Å². The fourth-order valence-corrected chi connectivity index (χ4v) is 2.98. The molecule has 0 aromatic carbocycles. The second-order valence-corrected chi connectivity index (χ2v) is 5.14. The largest absolute Gasteiger partial charge is 0.459 e. The summed E-state index contributed by atoms with van der Waals surface area (Å²) in [6, 6.07) is 4.19. The molecule has 2 aromatic heterocycles. The second kappa shape index (κ2) is 4.38. The van der Waals surface area contributed by atoms with Crippen molar-refractivity contribution in [2.45, 2.75) is 18.9 Å². The fourth-order valence-electron chi connectivity index (χ4n) is 2.98.